The van der Waals surface area contributed by atoms with Gasteiger partial charge in [-0.05, 0) is 81.5 Å². The fourth-order valence-corrected chi connectivity index (χ4v) is 4.88. The van der Waals surface area contributed by atoms with Crippen LogP contribution in [-0.4, -0.2) is 73.4 Å². The second kappa shape index (κ2) is 10.9. The standard InChI is InChI=1S/C30H30FN9O/c1-19-7-12-25(32-16-19)35-30-36-27(26-28(37-30)40(18-33-26)23-6-4-5-21(31)15-23)34-22-10-8-20(9-11-22)29(41)39-14-13-24(17-39)38(2)3/h4-12,15-16,18,24H,13-14,17H2,1-3H3,(H2,32,34,35,36,37). The average Bonchev–Trinajstić information content (AvgIpc) is 3.63. The van der Waals surface area contributed by atoms with E-state index in [0.29, 0.717) is 46.0 Å². The summed E-state index contributed by atoms with van der Waals surface area (Å²) in [4.78, 5) is 35.4. The normalized spacial score (nSPS) is 15.0. The number of nitrogens with one attached hydrogen (secondary N) is 2. The molecule has 208 valence electrons. The van der Waals surface area contributed by atoms with Crippen molar-refractivity contribution in [1.82, 2.24) is 34.3 Å². The van der Waals surface area contributed by atoms with E-state index in [-0.39, 0.29) is 11.7 Å². The van der Waals surface area contributed by atoms with Crippen LogP contribution >= 0.6 is 0 Å². The van der Waals surface area contributed by atoms with Gasteiger partial charge in [0.05, 0.1) is 5.69 Å². The maximum absolute atomic E-state index is 14.0. The number of amides is 1. The van der Waals surface area contributed by atoms with Crippen LogP contribution in [0.4, 0.5) is 27.7 Å². The summed E-state index contributed by atoms with van der Waals surface area (Å²) < 4.78 is 15.7. The van der Waals surface area contributed by atoms with E-state index in [2.05, 4.69) is 35.5 Å². The maximum atomic E-state index is 14.0. The van der Waals surface area contributed by atoms with Gasteiger partial charge in [-0.15, -0.1) is 0 Å². The number of likely N-dealkylation sites (N-methyl/N-ethyl adjacent to an activating group) is 1. The number of carbonyl (C=O) groups is 1. The van der Waals surface area contributed by atoms with Crippen molar-refractivity contribution in [3.63, 3.8) is 0 Å². The van der Waals surface area contributed by atoms with Crippen molar-refractivity contribution in [1.29, 1.82) is 0 Å². The number of hydrogen-bond acceptors (Lipinski definition) is 8. The molecule has 0 spiro atoms. The number of imidazole rings is 1. The van der Waals surface area contributed by atoms with Crippen LogP contribution < -0.4 is 10.6 Å². The molecular weight excluding hydrogens is 521 g/mol. The van der Waals surface area contributed by atoms with E-state index in [4.69, 9.17) is 0 Å². The van der Waals surface area contributed by atoms with Crippen molar-refractivity contribution in [2.75, 3.05) is 37.8 Å². The third-order valence-corrected chi connectivity index (χ3v) is 7.21. The lowest BCUT2D eigenvalue weighted by Gasteiger charge is -2.20. The van der Waals surface area contributed by atoms with Gasteiger partial charge in [0.15, 0.2) is 17.0 Å². The topological polar surface area (TPSA) is 104 Å². The van der Waals surface area contributed by atoms with E-state index in [9.17, 15) is 9.18 Å². The summed E-state index contributed by atoms with van der Waals surface area (Å²) in [5.74, 6) is 0.994. The summed E-state index contributed by atoms with van der Waals surface area (Å²) in [6.07, 6.45) is 4.31. The molecule has 3 aromatic heterocycles. The van der Waals surface area contributed by atoms with Gasteiger partial charge in [0, 0.05) is 36.6 Å². The highest BCUT2D eigenvalue weighted by Crippen LogP contribution is 2.28. The van der Waals surface area contributed by atoms with Crippen LogP contribution in [-0.2, 0) is 0 Å². The lowest BCUT2D eigenvalue weighted by atomic mass is 10.2. The van der Waals surface area contributed by atoms with E-state index in [0.717, 1.165) is 30.8 Å². The van der Waals surface area contributed by atoms with E-state index >= 15 is 0 Å². The zero-order valence-corrected chi connectivity index (χ0v) is 23.0. The van der Waals surface area contributed by atoms with Gasteiger partial charge in [-0.1, -0.05) is 12.1 Å². The van der Waals surface area contributed by atoms with E-state index in [1.165, 1.54) is 12.1 Å². The smallest absolute Gasteiger partial charge is 0.253 e. The Morgan fingerprint density at radius 2 is 1.85 bits per heavy atom. The molecule has 0 bridgehead atoms. The highest BCUT2D eigenvalue weighted by atomic mass is 19.1. The Balaban J connectivity index is 1.31. The van der Waals surface area contributed by atoms with Gasteiger partial charge in [-0.3, -0.25) is 9.36 Å². The van der Waals surface area contributed by atoms with E-state index < -0.39 is 0 Å². The Kier molecular flexibility index (Phi) is 7.02. The summed E-state index contributed by atoms with van der Waals surface area (Å²) >= 11 is 0. The van der Waals surface area contributed by atoms with Gasteiger partial charge in [0.2, 0.25) is 5.95 Å². The molecule has 1 saturated heterocycles. The minimum absolute atomic E-state index is 0.0243. The third kappa shape index (κ3) is 5.57. The summed E-state index contributed by atoms with van der Waals surface area (Å²) in [6.45, 7) is 3.44. The van der Waals surface area contributed by atoms with Gasteiger partial charge >= 0.3 is 0 Å². The summed E-state index contributed by atoms with van der Waals surface area (Å²) in [7, 11) is 4.09. The quantitative estimate of drug-likeness (QED) is 0.294. The van der Waals surface area contributed by atoms with Gasteiger partial charge in [0.1, 0.15) is 18.0 Å². The molecule has 2 aromatic carbocycles. The molecule has 41 heavy (non-hydrogen) atoms. The van der Waals surface area contributed by atoms with Gasteiger partial charge in [-0.25, -0.2) is 14.4 Å². The second-order valence-electron chi connectivity index (χ2n) is 10.4. The number of aromatic nitrogens is 5. The molecule has 1 fully saturated rings. The first-order chi connectivity index (χ1) is 19.8. The van der Waals surface area contributed by atoms with Crippen LogP contribution in [0.15, 0.2) is 73.2 Å². The number of rotatable bonds is 7. The largest absolute Gasteiger partial charge is 0.338 e. The van der Waals surface area contributed by atoms with Crippen LogP contribution in [0, 0.1) is 12.7 Å². The Morgan fingerprint density at radius 3 is 2.56 bits per heavy atom. The number of benzene rings is 2. The second-order valence-corrected chi connectivity index (χ2v) is 10.4. The van der Waals surface area contributed by atoms with Crippen molar-refractivity contribution in [2.24, 2.45) is 0 Å². The predicted octanol–water partition coefficient (Wildman–Crippen LogP) is 4.92. The number of anilines is 4. The zero-order chi connectivity index (χ0) is 28.5. The number of hydrogen-bond donors (Lipinski definition) is 2. The van der Waals surface area contributed by atoms with Crippen molar-refractivity contribution in [2.45, 2.75) is 19.4 Å². The Labute approximate surface area is 236 Å². The predicted molar refractivity (Wildman–Crippen MR) is 157 cm³/mol. The molecule has 1 aliphatic rings. The lowest BCUT2D eigenvalue weighted by molar-refractivity contribution is 0.0783. The maximum Gasteiger partial charge on any atom is 0.253 e. The molecule has 4 heterocycles. The van der Waals surface area contributed by atoms with Crippen LogP contribution in [0.3, 0.4) is 0 Å². The number of carbonyl (C=O) groups excluding carboxylic acids is 1. The van der Waals surface area contributed by atoms with Crippen LogP contribution in [0.2, 0.25) is 0 Å². The van der Waals surface area contributed by atoms with E-state index in [1.807, 2.05) is 62.3 Å². The number of aryl methyl sites for hydroxylation is 1. The highest BCUT2D eigenvalue weighted by Gasteiger charge is 2.28. The van der Waals surface area contributed by atoms with Crippen LogP contribution in [0.25, 0.3) is 16.9 Å². The molecular formula is C30H30FN9O. The van der Waals surface area contributed by atoms with Crippen LogP contribution in [0.1, 0.15) is 22.3 Å². The molecule has 11 heteroatoms. The number of pyridine rings is 1. The molecule has 0 radical (unpaired) electrons. The first-order valence-corrected chi connectivity index (χ1v) is 13.4. The number of likely N-dealkylation sites (tertiary alicyclic amines) is 1. The molecule has 0 saturated carbocycles. The van der Waals surface area contributed by atoms with Crippen molar-refractivity contribution >= 4 is 40.3 Å². The zero-order valence-electron chi connectivity index (χ0n) is 23.0. The Hall–Kier alpha value is -4.90. The third-order valence-electron chi connectivity index (χ3n) is 7.21. The number of halogens is 1. The summed E-state index contributed by atoms with van der Waals surface area (Å²) in [5, 5.41) is 6.48. The first-order valence-electron chi connectivity index (χ1n) is 13.4. The molecule has 1 atom stereocenters. The van der Waals surface area contributed by atoms with Crippen molar-refractivity contribution < 1.29 is 9.18 Å². The fourth-order valence-electron chi connectivity index (χ4n) is 4.88. The van der Waals surface area contributed by atoms with Crippen molar-refractivity contribution in [3.8, 4) is 5.69 Å². The molecule has 6 rings (SSSR count). The monoisotopic (exact) mass is 551 g/mol. The first kappa shape index (κ1) is 26.3. The Morgan fingerprint density at radius 1 is 1.02 bits per heavy atom. The minimum atomic E-state index is -0.361. The number of nitrogens with zero attached hydrogens (tertiary/aromatic N) is 7. The number of fused-ring (bicyclic) bond motifs is 1. The molecule has 10 nitrogen and oxygen atoms in total. The van der Waals surface area contributed by atoms with E-state index in [1.54, 1.807) is 29.2 Å². The van der Waals surface area contributed by atoms with Crippen LogP contribution in [0.5, 0.6) is 0 Å². The van der Waals surface area contributed by atoms with Gasteiger partial charge < -0.3 is 20.4 Å². The molecule has 1 aliphatic heterocycles. The molecule has 2 N–H and O–H groups in total. The average molecular weight is 552 g/mol. The molecule has 1 amide bonds. The molecule has 0 aliphatic carbocycles. The van der Waals surface area contributed by atoms with Gasteiger partial charge in [-0.2, -0.15) is 9.97 Å². The van der Waals surface area contributed by atoms with Gasteiger partial charge in [0.25, 0.3) is 5.91 Å². The molecule has 5 aromatic rings. The SMILES string of the molecule is Cc1ccc(Nc2nc(Nc3ccc(C(=O)N4CCC(N(C)C)C4)cc3)c3ncn(-c4cccc(F)c4)c3n2)nc1. The summed E-state index contributed by atoms with van der Waals surface area (Å²) in [5.41, 5.74) is 3.96. The molecule has 1 unspecified atom stereocenters. The lowest BCUT2D eigenvalue weighted by Crippen LogP contribution is -2.34. The Bertz CT molecular complexity index is 1700. The minimum Gasteiger partial charge on any atom is -0.338 e. The fraction of sp³-hybridized carbons (Fsp3) is 0.233. The highest BCUT2D eigenvalue weighted by molar-refractivity contribution is 5.95. The summed E-state index contributed by atoms with van der Waals surface area (Å²) in [6, 6.07) is 17.7. The van der Waals surface area contributed by atoms with Crippen molar-refractivity contribution in [3.05, 3.63) is 90.1 Å².